The van der Waals surface area contributed by atoms with Gasteiger partial charge in [0.2, 0.25) is 10.0 Å². The van der Waals surface area contributed by atoms with Crippen LogP contribution in [0.3, 0.4) is 0 Å². The second-order valence-electron chi connectivity index (χ2n) is 9.26. The molecule has 0 saturated carbocycles. The van der Waals surface area contributed by atoms with E-state index in [1.807, 2.05) is 0 Å². The smallest absolute Gasteiger partial charge is 0.295 e. The van der Waals surface area contributed by atoms with E-state index >= 15 is 0 Å². The molecule has 1 amide bonds. The van der Waals surface area contributed by atoms with Crippen molar-refractivity contribution < 1.29 is 23.1 Å². The molecule has 0 aliphatic carbocycles. The largest absolute Gasteiger partial charge is 0.507 e. The number of piperidine rings is 1. The molecule has 2 aromatic rings. The summed E-state index contributed by atoms with van der Waals surface area (Å²) in [6, 6.07) is 11.7. The number of Topliss-reactive ketones (excluding diaryl/α,β-unsaturated/α-hetero) is 1. The Morgan fingerprint density at radius 1 is 0.972 bits per heavy atom. The number of halogens is 1. The summed E-state index contributed by atoms with van der Waals surface area (Å²) in [5.41, 5.74) is 0.885. The van der Waals surface area contributed by atoms with Gasteiger partial charge < -0.3 is 14.9 Å². The standard InChI is InChI=1S/C26H30ClN3O5S/c1-28(2)36(34,35)21-12-8-19(9-13-21)24(31)22-23(18-6-10-20(27)11-7-18)30(26(33)25(22)32)17-16-29-14-4-3-5-15-29/h6-13,23,31H,3-5,14-17H2,1-2H3/t23-/m0/s1. The van der Waals surface area contributed by atoms with Crippen LogP contribution in [0.25, 0.3) is 5.76 Å². The number of aliphatic hydroxyl groups is 1. The van der Waals surface area contributed by atoms with Crippen LogP contribution in [0, 0.1) is 0 Å². The van der Waals surface area contributed by atoms with Gasteiger partial charge in [-0.25, -0.2) is 12.7 Å². The van der Waals surface area contributed by atoms with Gasteiger partial charge in [-0.05, 0) is 67.9 Å². The topological polar surface area (TPSA) is 98.2 Å². The molecule has 36 heavy (non-hydrogen) atoms. The average molecular weight is 532 g/mol. The van der Waals surface area contributed by atoms with E-state index in [2.05, 4.69) is 4.90 Å². The van der Waals surface area contributed by atoms with Gasteiger partial charge in [0.15, 0.2) is 0 Å². The number of likely N-dealkylation sites (tertiary alicyclic amines) is 2. The number of nitrogens with zero attached hydrogens (tertiary/aromatic N) is 3. The van der Waals surface area contributed by atoms with Gasteiger partial charge in [-0.1, -0.05) is 30.2 Å². The number of ketones is 1. The minimum atomic E-state index is -3.65. The van der Waals surface area contributed by atoms with Crippen molar-refractivity contribution in [2.24, 2.45) is 0 Å². The third-order valence-electron chi connectivity index (χ3n) is 6.74. The SMILES string of the molecule is CN(C)S(=O)(=O)c1ccc(C(O)=C2C(=O)C(=O)N(CCN3CCCCC3)[C@H]2c2ccc(Cl)cc2)cc1. The van der Waals surface area contributed by atoms with Crippen LogP contribution in [0.4, 0.5) is 0 Å². The molecule has 1 atom stereocenters. The van der Waals surface area contributed by atoms with E-state index in [1.165, 1.54) is 49.7 Å². The van der Waals surface area contributed by atoms with Crippen molar-refractivity contribution >= 4 is 39.1 Å². The number of aliphatic hydroxyl groups excluding tert-OH is 1. The molecule has 2 fully saturated rings. The molecule has 2 aliphatic rings. The van der Waals surface area contributed by atoms with Crippen LogP contribution in [0.2, 0.25) is 5.02 Å². The quantitative estimate of drug-likeness (QED) is 0.333. The highest BCUT2D eigenvalue weighted by atomic mass is 35.5. The van der Waals surface area contributed by atoms with Crippen molar-refractivity contribution in [1.29, 1.82) is 0 Å². The third-order valence-corrected chi connectivity index (χ3v) is 8.82. The number of benzene rings is 2. The zero-order chi connectivity index (χ0) is 26.0. The fraction of sp³-hybridized carbons (Fsp3) is 0.385. The van der Waals surface area contributed by atoms with Gasteiger partial charge in [-0.15, -0.1) is 0 Å². The van der Waals surface area contributed by atoms with Crippen LogP contribution in [0.5, 0.6) is 0 Å². The van der Waals surface area contributed by atoms with Crippen molar-refractivity contribution in [2.45, 2.75) is 30.2 Å². The van der Waals surface area contributed by atoms with E-state index < -0.39 is 27.8 Å². The number of carbonyl (C=O) groups excluding carboxylic acids is 2. The molecule has 0 radical (unpaired) electrons. The maximum Gasteiger partial charge on any atom is 0.295 e. The van der Waals surface area contributed by atoms with Gasteiger partial charge in [0.25, 0.3) is 11.7 Å². The van der Waals surface area contributed by atoms with Crippen LogP contribution >= 0.6 is 11.6 Å². The van der Waals surface area contributed by atoms with Crippen LogP contribution in [-0.4, -0.2) is 79.6 Å². The predicted octanol–water partition coefficient (Wildman–Crippen LogP) is 3.50. The lowest BCUT2D eigenvalue weighted by atomic mass is 9.95. The molecule has 2 aromatic carbocycles. The molecule has 1 N–H and O–H groups in total. The van der Waals surface area contributed by atoms with Crippen LogP contribution in [-0.2, 0) is 19.6 Å². The van der Waals surface area contributed by atoms with Gasteiger partial charge in [0.05, 0.1) is 16.5 Å². The third kappa shape index (κ3) is 5.20. The van der Waals surface area contributed by atoms with Crippen LogP contribution in [0.15, 0.2) is 59.0 Å². The van der Waals surface area contributed by atoms with Crippen molar-refractivity contribution in [3.8, 4) is 0 Å². The van der Waals surface area contributed by atoms with Crippen LogP contribution < -0.4 is 0 Å². The molecular formula is C26H30ClN3O5S. The predicted molar refractivity (Wildman–Crippen MR) is 138 cm³/mol. The average Bonchev–Trinajstić information content (AvgIpc) is 3.13. The lowest BCUT2D eigenvalue weighted by molar-refractivity contribution is -0.140. The zero-order valence-electron chi connectivity index (χ0n) is 20.4. The minimum Gasteiger partial charge on any atom is -0.507 e. The molecule has 0 spiro atoms. The Kier molecular flexibility index (Phi) is 7.85. The van der Waals surface area contributed by atoms with Gasteiger partial charge in [-0.2, -0.15) is 0 Å². The highest BCUT2D eigenvalue weighted by molar-refractivity contribution is 7.89. The molecule has 192 valence electrons. The number of carbonyl (C=O) groups is 2. The van der Waals surface area contributed by atoms with Crippen molar-refractivity contribution in [2.75, 3.05) is 40.3 Å². The first kappa shape index (κ1) is 26.3. The summed E-state index contributed by atoms with van der Waals surface area (Å²) in [6.45, 7) is 2.89. The first-order valence-electron chi connectivity index (χ1n) is 11.9. The number of sulfonamides is 1. The number of amides is 1. The van der Waals surface area contributed by atoms with Crippen LogP contribution in [0.1, 0.15) is 36.4 Å². The highest BCUT2D eigenvalue weighted by Crippen LogP contribution is 2.39. The number of rotatable bonds is 7. The lowest BCUT2D eigenvalue weighted by Gasteiger charge is -2.31. The molecule has 2 saturated heterocycles. The Balaban J connectivity index is 1.72. The Labute approximate surface area is 216 Å². The summed E-state index contributed by atoms with van der Waals surface area (Å²) >= 11 is 6.08. The Morgan fingerprint density at radius 2 is 1.58 bits per heavy atom. The van der Waals surface area contributed by atoms with Gasteiger partial charge in [-0.3, -0.25) is 9.59 Å². The first-order chi connectivity index (χ1) is 17.1. The van der Waals surface area contributed by atoms with E-state index in [9.17, 15) is 23.1 Å². The summed E-state index contributed by atoms with van der Waals surface area (Å²) in [6.07, 6.45) is 3.42. The van der Waals surface area contributed by atoms with E-state index in [1.54, 1.807) is 24.3 Å². The fourth-order valence-corrected chi connectivity index (χ4v) is 5.71. The Bertz CT molecular complexity index is 1270. The summed E-state index contributed by atoms with van der Waals surface area (Å²) < 4.78 is 25.9. The summed E-state index contributed by atoms with van der Waals surface area (Å²) in [4.78, 5) is 30.2. The molecule has 0 unspecified atom stereocenters. The zero-order valence-corrected chi connectivity index (χ0v) is 21.9. The lowest BCUT2D eigenvalue weighted by Crippen LogP contribution is -2.39. The highest BCUT2D eigenvalue weighted by Gasteiger charge is 2.46. The molecule has 10 heteroatoms. The van der Waals surface area contributed by atoms with Crippen molar-refractivity contribution in [3.05, 3.63) is 70.3 Å². The van der Waals surface area contributed by atoms with E-state index in [0.29, 0.717) is 23.7 Å². The second-order valence-corrected chi connectivity index (χ2v) is 11.8. The van der Waals surface area contributed by atoms with E-state index in [4.69, 9.17) is 11.6 Å². The number of hydrogen-bond donors (Lipinski definition) is 1. The van der Waals surface area contributed by atoms with E-state index in [-0.39, 0.29) is 21.8 Å². The molecule has 8 nitrogen and oxygen atoms in total. The maximum atomic E-state index is 13.2. The molecule has 2 aliphatic heterocycles. The summed E-state index contributed by atoms with van der Waals surface area (Å²) in [7, 11) is -0.791. The molecule has 2 heterocycles. The second kappa shape index (κ2) is 10.7. The minimum absolute atomic E-state index is 0.0239. The molecule has 0 bridgehead atoms. The normalized spacial score (nSPS) is 20.9. The van der Waals surface area contributed by atoms with E-state index in [0.717, 1.165) is 30.2 Å². The van der Waals surface area contributed by atoms with Crippen molar-refractivity contribution in [3.63, 3.8) is 0 Å². The first-order valence-corrected chi connectivity index (χ1v) is 13.7. The van der Waals surface area contributed by atoms with Gasteiger partial charge in [0.1, 0.15) is 5.76 Å². The Morgan fingerprint density at radius 3 is 2.17 bits per heavy atom. The Hall–Kier alpha value is -2.72. The fourth-order valence-electron chi connectivity index (χ4n) is 4.69. The molecule has 0 aromatic heterocycles. The van der Waals surface area contributed by atoms with Gasteiger partial charge in [0, 0.05) is 37.8 Å². The number of hydrogen-bond acceptors (Lipinski definition) is 6. The monoisotopic (exact) mass is 531 g/mol. The summed E-state index contributed by atoms with van der Waals surface area (Å²) in [5.74, 6) is -1.78. The molecule has 4 rings (SSSR count). The van der Waals surface area contributed by atoms with Gasteiger partial charge >= 0.3 is 0 Å². The maximum absolute atomic E-state index is 13.2. The summed E-state index contributed by atoms with van der Waals surface area (Å²) in [5, 5.41) is 11.7. The molecular weight excluding hydrogens is 502 g/mol. The van der Waals surface area contributed by atoms with Crippen molar-refractivity contribution in [1.82, 2.24) is 14.1 Å².